The molecule has 0 saturated carbocycles. The molecule has 2 rings (SSSR count). The van der Waals surface area contributed by atoms with Crippen LogP contribution in [0.1, 0.15) is 24.1 Å². The fourth-order valence-electron chi connectivity index (χ4n) is 1.64. The quantitative estimate of drug-likeness (QED) is 0.874. The number of hydrogen-bond donors (Lipinski definition) is 2. The van der Waals surface area contributed by atoms with Gasteiger partial charge < -0.3 is 11.1 Å². The van der Waals surface area contributed by atoms with Crippen LogP contribution in [0.3, 0.4) is 0 Å². The van der Waals surface area contributed by atoms with E-state index in [1.165, 1.54) is 6.07 Å². The van der Waals surface area contributed by atoms with E-state index in [2.05, 4.69) is 15.3 Å². The first kappa shape index (κ1) is 12.3. The number of nitrogens with one attached hydrogen (secondary N) is 1. The smallest absolute Gasteiger partial charge is 0.221 e. The van der Waals surface area contributed by atoms with Gasteiger partial charge in [0.1, 0.15) is 11.6 Å². The van der Waals surface area contributed by atoms with Crippen molar-refractivity contribution in [2.75, 3.05) is 11.1 Å². The number of benzene rings is 1. The van der Waals surface area contributed by atoms with Gasteiger partial charge in [0.15, 0.2) is 0 Å². The van der Waals surface area contributed by atoms with Crippen LogP contribution < -0.4 is 11.1 Å². The van der Waals surface area contributed by atoms with Gasteiger partial charge in [-0.1, -0.05) is 12.1 Å². The van der Waals surface area contributed by atoms with Crippen molar-refractivity contribution in [2.24, 2.45) is 0 Å². The molecule has 0 radical (unpaired) electrons. The van der Waals surface area contributed by atoms with Gasteiger partial charge in [-0.05, 0) is 37.1 Å². The zero-order chi connectivity index (χ0) is 13.1. The van der Waals surface area contributed by atoms with Crippen LogP contribution in [0.4, 0.5) is 16.2 Å². The Labute approximate surface area is 105 Å². The maximum atomic E-state index is 13.5. The lowest BCUT2D eigenvalue weighted by Gasteiger charge is -2.15. The number of aryl methyl sites for hydroxylation is 1. The van der Waals surface area contributed by atoms with Gasteiger partial charge in [0.2, 0.25) is 5.95 Å². The summed E-state index contributed by atoms with van der Waals surface area (Å²) < 4.78 is 13.5. The van der Waals surface area contributed by atoms with E-state index in [0.717, 1.165) is 5.56 Å². The second-order valence-corrected chi connectivity index (χ2v) is 4.17. The number of hydrogen-bond acceptors (Lipinski definition) is 4. The van der Waals surface area contributed by atoms with Crippen LogP contribution in [0.5, 0.6) is 0 Å². The molecule has 0 bridgehead atoms. The Kier molecular flexibility index (Phi) is 3.41. The van der Waals surface area contributed by atoms with E-state index in [1.54, 1.807) is 25.3 Å². The molecule has 0 fully saturated rings. The molecule has 0 aliphatic heterocycles. The fourth-order valence-corrected chi connectivity index (χ4v) is 1.64. The number of halogens is 1. The average molecular weight is 246 g/mol. The van der Waals surface area contributed by atoms with Gasteiger partial charge in [-0.3, -0.25) is 0 Å². The van der Waals surface area contributed by atoms with Gasteiger partial charge in [0, 0.05) is 6.20 Å². The molecule has 18 heavy (non-hydrogen) atoms. The molecular weight excluding hydrogens is 231 g/mol. The minimum Gasteiger partial charge on any atom is -0.368 e. The molecule has 2 aromatic rings. The predicted molar refractivity (Wildman–Crippen MR) is 69.6 cm³/mol. The van der Waals surface area contributed by atoms with Crippen molar-refractivity contribution in [2.45, 2.75) is 19.9 Å². The van der Waals surface area contributed by atoms with E-state index < -0.39 is 0 Å². The summed E-state index contributed by atoms with van der Waals surface area (Å²) in [6.07, 6.45) is 1.58. The number of nitrogen functional groups attached to an aromatic ring is 1. The second kappa shape index (κ2) is 5.00. The monoisotopic (exact) mass is 246 g/mol. The molecule has 0 saturated heterocycles. The standard InChI is InChI=1S/C13H15FN4/c1-8-3-4-10(7-11(8)14)9(2)17-12-5-6-16-13(15)18-12/h3-7,9H,1-2H3,(H3,15,16,17,18). The van der Waals surface area contributed by atoms with Crippen molar-refractivity contribution in [1.82, 2.24) is 9.97 Å². The van der Waals surface area contributed by atoms with Crippen LogP contribution in [0.15, 0.2) is 30.5 Å². The Morgan fingerprint density at radius 2 is 2.11 bits per heavy atom. The molecule has 0 spiro atoms. The van der Waals surface area contributed by atoms with E-state index in [0.29, 0.717) is 11.4 Å². The van der Waals surface area contributed by atoms with Crippen molar-refractivity contribution < 1.29 is 4.39 Å². The molecule has 5 heteroatoms. The second-order valence-electron chi connectivity index (χ2n) is 4.17. The highest BCUT2D eigenvalue weighted by atomic mass is 19.1. The molecule has 1 aromatic carbocycles. The predicted octanol–water partition coefficient (Wildman–Crippen LogP) is 2.68. The lowest BCUT2D eigenvalue weighted by atomic mass is 10.1. The van der Waals surface area contributed by atoms with Gasteiger partial charge in [0.05, 0.1) is 6.04 Å². The van der Waals surface area contributed by atoms with Crippen LogP contribution in [0.2, 0.25) is 0 Å². The van der Waals surface area contributed by atoms with Crippen molar-refractivity contribution in [1.29, 1.82) is 0 Å². The summed E-state index contributed by atoms with van der Waals surface area (Å²) >= 11 is 0. The molecule has 1 atom stereocenters. The largest absolute Gasteiger partial charge is 0.368 e. The Hall–Kier alpha value is -2.17. The van der Waals surface area contributed by atoms with Gasteiger partial charge in [-0.15, -0.1) is 0 Å². The van der Waals surface area contributed by atoms with Crippen LogP contribution >= 0.6 is 0 Å². The van der Waals surface area contributed by atoms with Crippen LogP contribution in [-0.4, -0.2) is 9.97 Å². The highest BCUT2D eigenvalue weighted by Gasteiger charge is 2.08. The maximum absolute atomic E-state index is 13.5. The summed E-state index contributed by atoms with van der Waals surface area (Å²) in [5.41, 5.74) is 6.99. The molecule has 3 N–H and O–H groups in total. The molecule has 4 nitrogen and oxygen atoms in total. The Morgan fingerprint density at radius 3 is 2.78 bits per heavy atom. The van der Waals surface area contributed by atoms with Gasteiger partial charge in [-0.2, -0.15) is 4.98 Å². The summed E-state index contributed by atoms with van der Waals surface area (Å²) in [7, 11) is 0. The van der Waals surface area contributed by atoms with Gasteiger partial charge >= 0.3 is 0 Å². The highest BCUT2D eigenvalue weighted by Crippen LogP contribution is 2.20. The van der Waals surface area contributed by atoms with Crippen molar-refractivity contribution in [3.05, 3.63) is 47.4 Å². The van der Waals surface area contributed by atoms with Gasteiger partial charge in [0.25, 0.3) is 0 Å². The molecular formula is C13H15FN4. The number of nitrogens with two attached hydrogens (primary N) is 1. The number of nitrogens with zero attached hydrogens (tertiary/aromatic N) is 2. The van der Waals surface area contributed by atoms with Crippen molar-refractivity contribution >= 4 is 11.8 Å². The summed E-state index contributed by atoms with van der Waals surface area (Å²) in [6, 6.07) is 6.83. The van der Waals surface area contributed by atoms with Crippen LogP contribution in [0.25, 0.3) is 0 Å². The van der Waals surface area contributed by atoms with E-state index in [9.17, 15) is 4.39 Å². The van der Waals surface area contributed by atoms with E-state index in [1.807, 2.05) is 13.0 Å². The third-order valence-corrected chi connectivity index (χ3v) is 2.73. The lowest BCUT2D eigenvalue weighted by molar-refractivity contribution is 0.614. The normalized spacial score (nSPS) is 12.2. The van der Waals surface area contributed by atoms with Crippen molar-refractivity contribution in [3.63, 3.8) is 0 Å². The zero-order valence-electron chi connectivity index (χ0n) is 10.3. The fraction of sp³-hybridized carbons (Fsp3) is 0.231. The van der Waals surface area contributed by atoms with E-state index in [4.69, 9.17) is 5.73 Å². The first-order valence-electron chi connectivity index (χ1n) is 5.67. The summed E-state index contributed by atoms with van der Waals surface area (Å²) in [4.78, 5) is 7.85. The number of anilines is 2. The lowest BCUT2D eigenvalue weighted by Crippen LogP contribution is -2.09. The van der Waals surface area contributed by atoms with Gasteiger partial charge in [-0.25, -0.2) is 9.37 Å². The van der Waals surface area contributed by atoms with E-state index in [-0.39, 0.29) is 17.8 Å². The number of rotatable bonds is 3. The Morgan fingerprint density at radius 1 is 1.33 bits per heavy atom. The number of aromatic nitrogens is 2. The summed E-state index contributed by atoms with van der Waals surface area (Å²) in [5, 5.41) is 3.15. The third kappa shape index (κ3) is 2.74. The molecule has 1 heterocycles. The SMILES string of the molecule is Cc1ccc(C(C)Nc2ccnc(N)n2)cc1F. The Balaban J connectivity index is 2.16. The molecule has 0 amide bonds. The first-order chi connectivity index (χ1) is 8.56. The van der Waals surface area contributed by atoms with Crippen molar-refractivity contribution in [3.8, 4) is 0 Å². The Bertz CT molecular complexity index is 556. The van der Waals surface area contributed by atoms with E-state index >= 15 is 0 Å². The average Bonchev–Trinajstić information content (AvgIpc) is 2.32. The first-order valence-corrected chi connectivity index (χ1v) is 5.67. The topological polar surface area (TPSA) is 63.8 Å². The molecule has 94 valence electrons. The van der Waals surface area contributed by atoms with Crippen LogP contribution in [0, 0.1) is 12.7 Å². The molecule has 1 aromatic heterocycles. The van der Waals surface area contributed by atoms with Crippen LogP contribution in [-0.2, 0) is 0 Å². The summed E-state index contributed by atoms with van der Waals surface area (Å²) in [5.74, 6) is 0.627. The molecule has 1 unspecified atom stereocenters. The minimum atomic E-state index is -0.205. The minimum absolute atomic E-state index is 0.0607. The highest BCUT2D eigenvalue weighted by molar-refractivity contribution is 5.40. The zero-order valence-corrected chi connectivity index (χ0v) is 10.3. The maximum Gasteiger partial charge on any atom is 0.221 e. The molecule has 0 aliphatic carbocycles. The summed E-state index contributed by atoms with van der Waals surface area (Å²) in [6.45, 7) is 3.67. The third-order valence-electron chi connectivity index (χ3n) is 2.73. The molecule has 0 aliphatic rings.